The molecule has 1 fully saturated rings. The molecule has 0 amide bonds. The van der Waals surface area contributed by atoms with Gasteiger partial charge >= 0.3 is 17.5 Å². The normalized spacial score (nSPS) is 14.4. The van der Waals surface area contributed by atoms with E-state index in [-0.39, 0.29) is 29.3 Å². The van der Waals surface area contributed by atoms with Crippen LogP contribution in [-0.4, -0.2) is 65.9 Å². The van der Waals surface area contributed by atoms with Gasteiger partial charge in [0.05, 0.1) is 23.7 Å². The number of benzene rings is 1. The molecule has 0 unspecified atom stereocenters. The molecule has 1 aromatic heterocycles. The summed E-state index contributed by atoms with van der Waals surface area (Å²) in [6.45, 7) is 2.92. The van der Waals surface area contributed by atoms with E-state index < -0.39 is 4.92 Å². The first-order chi connectivity index (χ1) is 15.8. The average Bonchev–Trinajstić information content (AvgIpc) is 2.79. The largest absolute Gasteiger partial charge is 0.466 e. The van der Waals surface area contributed by atoms with E-state index in [1.165, 1.54) is 12.5 Å². The number of hydrazone groups is 1. The third-order valence-corrected chi connectivity index (χ3v) is 5.21. The second-order valence-electron chi connectivity index (χ2n) is 7.50. The van der Waals surface area contributed by atoms with Gasteiger partial charge in [-0.2, -0.15) is 10.1 Å². The average molecular weight is 477 g/mol. The number of esters is 1. The Morgan fingerprint density at radius 1 is 1.36 bits per heavy atom. The SMILES string of the molecule is CCOC(=O)C1CCN(c2ncnc(Oc3ccc(Cl)cc3C=NN(C)C)c2[N+](=O)[O-])CC1. The smallest absolute Gasteiger partial charge is 0.373 e. The lowest BCUT2D eigenvalue weighted by atomic mass is 9.97. The third kappa shape index (κ3) is 6.07. The minimum Gasteiger partial charge on any atom is -0.466 e. The molecule has 1 aliphatic rings. The van der Waals surface area contributed by atoms with Crippen molar-refractivity contribution in [3.63, 3.8) is 0 Å². The summed E-state index contributed by atoms with van der Waals surface area (Å²) in [4.78, 5) is 33.3. The van der Waals surface area contributed by atoms with Gasteiger partial charge < -0.3 is 19.4 Å². The zero-order valence-corrected chi connectivity index (χ0v) is 19.4. The number of carbonyl (C=O) groups is 1. The molecule has 0 spiro atoms. The van der Waals surface area contributed by atoms with E-state index in [9.17, 15) is 14.9 Å². The van der Waals surface area contributed by atoms with Gasteiger partial charge in [-0.15, -0.1) is 0 Å². The number of rotatable bonds is 8. The number of ether oxygens (including phenoxy) is 2. The molecular weight excluding hydrogens is 452 g/mol. The summed E-state index contributed by atoms with van der Waals surface area (Å²) >= 11 is 6.09. The zero-order valence-electron chi connectivity index (χ0n) is 18.6. The highest BCUT2D eigenvalue weighted by Crippen LogP contribution is 2.38. The molecule has 176 valence electrons. The van der Waals surface area contributed by atoms with Crippen molar-refractivity contribution in [1.82, 2.24) is 15.0 Å². The number of anilines is 1. The number of piperidine rings is 1. The number of nitro groups is 1. The van der Waals surface area contributed by atoms with Crippen LogP contribution in [0, 0.1) is 16.0 Å². The summed E-state index contributed by atoms with van der Waals surface area (Å²) in [6, 6.07) is 4.84. The van der Waals surface area contributed by atoms with Crippen LogP contribution < -0.4 is 9.64 Å². The molecule has 0 atom stereocenters. The molecule has 0 aliphatic carbocycles. The maximum atomic E-state index is 12.0. The van der Waals surface area contributed by atoms with Crippen LogP contribution in [0.4, 0.5) is 11.5 Å². The quantitative estimate of drug-likeness (QED) is 0.243. The van der Waals surface area contributed by atoms with Gasteiger partial charge in [0.1, 0.15) is 12.1 Å². The second kappa shape index (κ2) is 10.9. The first kappa shape index (κ1) is 24.2. The first-order valence-electron chi connectivity index (χ1n) is 10.4. The van der Waals surface area contributed by atoms with E-state index in [0.717, 1.165) is 0 Å². The summed E-state index contributed by atoms with van der Waals surface area (Å²) < 4.78 is 10.9. The minimum atomic E-state index is -0.564. The Labute approximate surface area is 196 Å². The standard InChI is InChI=1S/C21H25ClN6O5/c1-4-32-21(29)14-7-9-27(10-8-14)19-18(28(30)31)20(24-13-23-19)33-17-6-5-16(22)11-15(17)12-25-26(2)3/h5-6,11-14H,4,7-10H2,1-3H3. The van der Waals surface area contributed by atoms with E-state index >= 15 is 0 Å². The molecule has 33 heavy (non-hydrogen) atoms. The Morgan fingerprint density at radius 2 is 2.09 bits per heavy atom. The van der Waals surface area contributed by atoms with Crippen LogP contribution in [-0.2, 0) is 9.53 Å². The molecule has 1 aromatic carbocycles. The van der Waals surface area contributed by atoms with Crippen molar-refractivity contribution < 1.29 is 19.2 Å². The second-order valence-corrected chi connectivity index (χ2v) is 7.93. The molecule has 2 heterocycles. The van der Waals surface area contributed by atoms with Crippen molar-refractivity contribution in [2.45, 2.75) is 19.8 Å². The third-order valence-electron chi connectivity index (χ3n) is 4.97. The molecule has 0 saturated carbocycles. The highest BCUT2D eigenvalue weighted by Gasteiger charge is 2.33. The van der Waals surface area contributed by atoms with Gasteiger partial charge in [0, 0.05) is 37.8 Å². The van der Waals surface area contributed by atoms with Crippen LogP contribution in [0.15, 0.2) is 29.6 Å². The maximum absolute atomic E-state index is 12.0. The molecule has 2 aromatic rings. The molecule has 11 nitrogen and oxygen atoms in total. The molecule has 1 aliphatic heterocycles. The topological polar surface area (TPSA) is 123 Å². The lowest BCUT2D eigenvalue weighted by molar-refractivity contribution is -0.385. The van der Waals surface area contributed by atoms with Gasteiger partial charge in [-0.25, -0.2) is 4.98 Å². The van der Waals surface area contributed by atoms with E-state index in [2.05, 4.69) is 15.1 Å². The molecule has 0 bridgehead atoms. The van der Waals surface area contributed by atoms with Gasteiger partial charge in [0.15, 0.2) is 0 Å². The van der Waals surface area contributed by atoms with Gasteiger partial charge in [-0.1, -0.05) is 11.6 Å². The predicted molar refractivity (Wildman–Crippen MR) is 123 cm³/mol. The fraction of sp³-hybridized carbons (Fsp3) is 0.429. The molecule has 1 saturated heterocycles. The van der Waals surface area contributed by atoms with Crippen LogP contribution >= 0.6 is 11.6 Å². The Bertz CT molecular complexity index is 1040. The van der Waals surface area contributed by atoms with E-state index in [4.69, 9.17) is 21.1 Å². The molecule has 12 heteroatoms. The van der Waals surface area contributed by atoms with E-state index in [0.29, 0.717) is 48.9 Å². The Morgan fingerprint density at radius 3 is 2.73 bits per heavy atom. The van der Waals surface area contributed by atoms with Crippen molar-refractivity contribution >= 4 is 35.3 Å². The molecule has 0 N–H and O–H groups in total. The van der Waals surface area contributed by atoms with Crippen LogP contribution in [0.3, 0.4) is 0 Å². The van der Waals surface area contributed by atoms with Crippen LogP contribution in [0.5, 0.6) is 11.6 Å². The lowest BCUT2D eigenvalue weighted by Gasteiger charge is -2.31. The number of nitrogens with zero attached hydrogens (tertiary/aromatic N) is 6. The summed E-state index contributed by atoms with van der Waals surface area (Å²) in [5.74, 6) is -0.221. The maximum Gasteiger partial charge on any atom is 0.373 e. The van der Waals surface area contributed by atoms with Crippen LogP contribution in [0.2, 0.25) is 5.02 Å². The minimum absolute atomic E-state index is 0.143. The lowest BCUT2D eigenvalue weighted by Crippen LogP contribution is -2.37. The van der Waals surface area contributed by atoms with Crippen molar-refractivity contribution in [1.29, 1.82) is 0 Å². The summed E-state index contributed by atoms with van der Waals surface area (Å²) in [6.07, 6.45) is 3.78. The Hall–Kier alpha value is -3.47. The van der Waals surface area contributed by atoms with Crippen LogP contribution in [0.25, 0.3) is 0 Å². The van der Waals surface area contributed by atoms with E-state index in [1.807, 2.05) is 0 Å². The predicted octanol–water partition coefficient (Wildman–Crippen LogP) is 3.51. The fourth-order valence-electron chi connectivity index (χ4n) is 3.40. The van der Waals surface area contributed by atoms with Gasteiger partial charge in [0.25, 0.3) is 0 Å². The van der Waals surface area contributed by atoms with Crippen molar-refractivity contribution in [2.24, 2.45) is 11.0 Å². The highest BCUT2D eigenvalue weighted by molar-refractivity contribution is 6.30. The first-order valence-corrected chi connectivity index (χ1v) is 10.8. The van der Waals surface area contributed by atoms with Crippen LogP contribution in [0.1, 0.15) is 25.3 Å². The molecular formula is C21H25ClN6O5. The van der Waals surface area contributed by atoms with E-state index in [1.54, 1.807) is 49.1 Å². The van der Waals surface area contributed by atoms with Gasteiger partial charge in [0.2, 0.25) is 5.82 Å². The van der Waals surface area contributed by atoms with Crippen molar-refractivity contribution in [2.75, 3.05) is 38.7 Å². The fourth-order valence-corrected chi connectivity index (χ4v) is 3.58. The summed E-state index contributed by atoms with van der Waals surface area (Å²) in [5, 5.41) is 18.2. The number of hydrogen-bond donors (Lipinski definition) is 0. The summed E-state index contributed by atoms with van der Waals surface area (Å²) in [7, 11) is 3.52. The van der Waals surface area contributed by atoms with Crippen molar-refractivity contribution in [3.8, 4) is 11.6 Å². The number of hydrogen-bond acceptors (Lipinski definition) is 10. The van der Waals surface area contributed by atoms with Gasteiger partial charge in [-0.05, 0) is 38.0 Å². The zero-order chi connectivity index (χ0) is 24.0. The Kier molecular flexibility index (Phi) is 7.99. The molecule has 3 rings (SSSR count). The number of aromatic nitrogens is 2. The Balaban J connectivity index is 1.88. The highest BCUT2D eigenvalue weighted by atomic mass is 35.5. The van der Waals surface area contributed by atoms with Gasteiger partial charge in [-0.3, -0.25) is 14.9 Å². The van der Waals surface area contributed by atoms with Crippen molar-refractivity contribution in [3.05, 3.63) is 45.2 Å². The summed E-state index contributed by atoms with van der Waals surface area (Å²) in [5.41, 5.74) is 0.179. The number of halogens is 1. The number of carbonyl (C=O) groups excluding carboxylic acids is 1. The monoisotopic (exact) mass is 476 g/mol. The molecule has 0 radical (unpaired) electrons.